The van der Waals surface area contributed by atoms with Gasteiger partial charge < -0.3 is 9.88 Å². The Hall–Kier alpha value is -5.93. The number of anilines is 1. The van der Waals surface area contributed by atoms with Crippen molar-refractivity contribution in [2.24, 2.45) is 4.99 Å². The largest absolute Gasteiger partial charge is 0.346 e. The minimum absolute atomic E-state index is 0.991. The molecule has 3 nitrogen and oxygen atoms in total. The van der Waals surface area contributed by atoms with Crippen LogP contribution in [-0.2, 0) is 0 Å². The van der Waals surface area contributed by atoms with Crippen LogP contribution in [0.25, 0.3) is 55.8 Å². The lowest BCUT2D eigenvalue weighted by atomic mass is 9.94. The number of hydrogen-bond donors (Lipinski definition) is 1. The summed E-state index contributed by atoms with van der Waals surface area (Å²) in [5, 5.41) is 5.78. The number of hydrogen-bond acceptors (Lipinski definition) is 1. The van der Waals surface area contributed by atoms with Gasteiger partial charge in [0, 0.05) is 28.3 Å². The molecule has 0 aliphatic rings. The third kappa shape index (κ3) is 5.97. The van der Waals surface area contributed by atoms with E-state index in [2.05, 4.69) is 155 Å². The topological polar surface area (TPSA) is 29.3 Å². The SMILES string of the molecule is Cc1ccc(-c2ccc3c(c2)c2ccccc2n3-c2ccccc2)cc1-c1ccc(NC=N/C=C\C=C/c2ccccc2)cc1. The summed E-state index contributed by atoms with van der Waals surface area (Å²) in [7, 11) is 0. The summed E-state index contributed by atoms with van der Waals surface area (Å²) in [6.45, 7) is 2.17. The van der Waals surface area contributed by atoms with Crippen LogP contribution >= 0.6 is 0 Å². The van der Waals surface area contributed by atoms with Crippen LogP contribution in [0.2, 0.25) is 0 Å². The molecule has 0 amide bonds. The van der Waals surface area contributed by atoms with E-state index in [4.69, 9.17) is 0 Å². The second-order valence-corrected chi connectivity index (χ2v) is 11.1. The van der Waals surface area contributed by atoms with Crippen molar-refractivity contribution >= 4 is 39.9 Å². The van der Waals surface area contributed by atoms with Gasteiger partial charge in [-0.3, -0.25) is 0 Å². The highest BCUT2D eigenvalue weighted by Gasteiger charge is 2.13. The van der Waals surface area contributed by atoms with Crippen molar-refractivity contribution in [3.8, 4) is 27.9 Å². The van der Waals surface area contributed by atoms with Crippen molar-refractivity contribution in [2.75, 3.05) is 5.32 Å². The molecule has 0 unspecified atom stereocenters. The highest BCUT2D eigenvalue weighted by atomic mass is 15.0. The Morgan fingerprint density at radius 3 is 2.07 bits per heavy atom. The van der Waals surface area contributed by atoms with Gasteiger partial charge in [-0.2, -0.15) is 0 Å². The lowest BCUT2D eigenvalue weighted by Crippen LogP contribution is -1.94. The average Bonchev–Trinajstić information content (AvgIpc) is 3.43. The van der Waals surface area contributed by atoms with Gasteiger partial charge >= 0.3 is 0 Å². The molecule has 6 aromatic carbocycles. The highest BCUT2D eigenvalue weighted by Crippen LogP contribution is 2.36. The maximum atomic E-state index is 4.33. The Morgan fingerprint density at radius 1 is 0.578 bits per heavy atom. The standard InChI is InChI=1S/C42H33N3/c1-31-19-20-34(35-23-26-42-40(29-35)38-17-8-9-18-41(38)45(42)37-15-6-3-7-16-37)28-39(31)33-21-24-36(25-22-33)44-30-43-27-11-10-14-32-12-4-2-5-13-32/h2-30H,1H3,(H,43,44)/b14-10-,27-11-. The molecule has 45 heavy (non-hydrogen) atoms. The third-order valence-electron chi connectivity index (χ3n) is 8.13. The Kier molecular flexibility index (Phi) is 7.89. The van der Waals surface area contributed by atoms with Crippen LogP contribution in [0.15, 0.2) is 169 Å². The van der Waals surface area contributed by atoms with Gasteiger partial charge in [-0.05, 0) is 94.9 Å². The third-order valence-corrected chi connectivity index (χ3v) is 8.13. The first-order chi connectivity index (χ1) is 22.2. The molecule has 1 N–H and O–H groups in total. The van der Waals surface area contributed by atoms with Gasteiger partial charge in [-0.15, -0.1) is 0 Å². The number of aliphatic imine (C=N–C) groups is 1. The van der Waals surface area contributed by atoms with Crippen LogP contribution < -0.4 is 5.32 Å². The van der Waals surface area contributed by atoms with Gasteiger partial charge in [0.05, 0.1) is 17.4 Å². The van der Waals surface area contributed by atoms with E-state index in [-0.39, 0.29) is 0 Å². The monoisotopic (exact) mass is 579 g/mol. The summed E-state index contributed by atoms with van der Waals surface area (Å²) in [6.07, 6.45) is 9.44. The van der Waals surface area contributed by atoms with E-state index in [1.807, 2.05) is 30.4 Å². The fourth-order valence-electron chi connectivity index (χ4n) is 5.85. The molecule has 1 aromatic heterocycles. The van der Waals surface area contributed by atoms with E-state index in [0.717, 1.165) is 5.69 Å². The fourth-order valence-corrected chi connectivity index (χ4v) is 5.85. The van der Waals surface area contributed by atoms with Gasteiger partial charge in [0.25, 0.3) is 0 Å². The molecular weight excluding hydrogens is 546 g/mol. The number of aryl methyl sites for hydroxylation is 1. The van der Waals surface area contributed by atoms with Crippen LogP contribution in [-0.4, -0.2) is 10.9 Å². The highest BCUT2D eigenvalue weighted by molar-refractivity contribution is 6.10. The molecule has 7 rings (SSSR count). The fraction of sp³-hybridized carbons (Fsp3) is 0.0238. The average molecular weight is 580 g/mol. The number of aromatic nitrogens is 1. The van der Waals surface area contributed by atoms with Crippen molar-refractivity contribution in [2.45, 2.75) is 6.92 Å². The van der Waals surface area contributed by atoms with E-state index >= 15 is 0 Å². The number of para-hydroxylation sites is 2. The van der Waals surface area contributed by atoms with Crippen molar-refractivity contribution < 1.29 is 0 Å². The second kappa shape index (κ2) is 12.7. The van der Waals surface area contributed by atoms with Gasteiger partial charge in [-0.25, -0.2) is 4.99 Å². The van der Waals surface area contributed by atoms with Crippen molar-refractivity contribution in [3.63, 3.8) is 0 Å². The van der Waals surface area contributed by atoms with Crippen LogP contribution in [0.5, 0.6) is 0 Å². The number of rotatable bonds is 8. The second-order valence-electron chi connectivity index (χ2n) is 11.1. The molecule has 0 saturated carbocycles. The number of benzene rings is 6. The van der Waals surface area contributed by atoms with E-state index in [9.17, 15) is 0 Å². The predicted molar refractivity (Wildman–Crippen MR) is 193 cm³/mol. The number of nitrogens with zero attached hydrogens (tertiary/aromatic N) is 2. The van der Waals surface area contributed by atoms with E-state index in [1.165, 1.54) is 60.9 Å². The van der Waals surface area contributed by atoms with E-state index in [0.29, 0.717) is 0 Å². The first kappa shape index (κ1) is 27.9. The molecule has 216 valence electrons. The lowest BCUT2D eigenvalue weighted by Gasteiger charge is -2.11. The van der Waals surface area contributed by atoms with Crippen molar-refractivity contribution in [1.29, 1.82) is 0 Å². The Balaban J connectivity index is 1.11. The van der Waals surface area contributed by atoms with Crippen LogP contribution in [0.4, 0.5) is 5.69 Å². The van der Waals surface area contributed by atoms with Crippen LogP contribution in [0, 0.1) is 6.92 Å². The number of allylic oxidation sites excluding steroid dienone is 2. The summed E-state index contributed by atoms with van der Waals surface area (Å²) in [6, 6.07) is 51.6. The lowest BCUT2D eigenvalue weighted by molar-refractivity contribution is 1.18. The molecule has 0 aliphatic heterocycles. The summed E-state index contributed by atoms with van der Waals surface area (Å²) in [5.41, 5.74) is 11.8. The maximum absolute atomic E-state index is 4.33. The molecule has 0 atom stereocenters. The molecule has 0 fully saturated rings. The summed E-state index contributed by atoms with van der Waals surface area (Å²) in [5.74, 6) is 0. The normalized spacial score (nSPS) is 11.8. The maximum Gasteiger partial charge on any atom is 0.0922 e. The molecule has 0 bridgehead atoms. The predicted octanol–water partition coefficient (Wildman–Crippen LogP) is 11.1. The van der Waals surface area contributed by atoms with Gasteiger partial charge in [0.15, 0.2) is 0 Å². The zero-order valence-corrected chi connectivity index (χ0v) is 25.1. The minimum Gasteiger partial charge on any atom is -0.346 e. The van der Waals surface area contributed by atoms with Gasteiger partial charge in [0.1, 0.15) is 0 Å². The van der Waals surface area contributed by atoms with E-state index in [1.54, 1.807) is 12.5 Å². The number of fused-ring (bicyclic) bond motifs is 3. The zero-order chi connectivity index (χ0) is 30.4. The first-order valence-corrected chi connectivity index (χ1v) is 15.2. The van der Waals surface area contributed by atoms with Crippen LogP contribution in [0.1, 0.15) is 11.1 Å². The molecule has 7 aromatic rings. The molecule has 0 aliphatic carbocycles. The smallest absolute Gasteiger partial charge is 0.0922 e. The minimum atomic E-state index is 0.991. The van der Waals surface area contributed by atoms with Crippen molar-refractivity contribution in [3.05, 3.63) is 175 Å². The van der Waals surface area contributed by atoms with Gasteiger partial charge in [-0.1, -0.05) is 109 Å². The molecule has 1 heterocycles. The molecule has 3 heteroatoms. The Morgan fingerprint density at radius 2 is 1.24 bits per heavy atom. The Labute approximate surface area is 264 Å². The quantitative estimate of drug-likeness (QED) is 0.108. The van der Waals surface area contributed by atoms with Crippen LogP contribution in [0.3, 0.4) is 0 Å². The summed E-state index contributed by atoms with van der Waals surface area (Å²) < 4.78 is 2.36. The first-order valence-electron chi connectivity index (χ1n) is 15.2. The molecule has 0 saturated heterocycles. The molecular formula is C42H33N3. The number of nitrogens with one attached hydrogen (secondary N) is 1. The van der Waals surface area contributed by atoms with Crippen molar-refractivity contribution in [1.82, 2.24) is 4.57 Å². The zero-order valence-electron chi connectivity index (χ0n) is 25.1. The molecule has 0 spiro atoms. The summed E-state index contributed by atoms with van der Waals surface area (Å²) in [4.78, 5) is 4.33. The van der Waals surface area contributed by atoms with Gasteiger partial charge in [0.2, 0.25) is 0 Å². The molecule has 0 radical (unpaired) electrons. The van der Waals surface area contributed by atoms with E-state index < -0.39 is 0 Å². The Bertz CT molecular complexity index is 2170. The summed E-state index contributed by atoms with van der Waals surface area (Å²) >= 11 is 0.